The van der Waals surface area contributed by atoms with Gasteiger partial charge in [0, 0.05) is 12.7 Å². The Morgan fingerprint density at radius 1 is 1.33 bits per heavy atom. The van der Waals surface area contributed by atoms with Gasteiger partial charge in [-0.1, -0.05) is 18.2 Å². The van der Waals surface area contributed by atoms with Crippen molar-refractivity contribution in [2.24, 2.45) is 7.05 Å². The number of benzene rings is 1. The highest BCUT2D eigenvalue weighted by Gasteiger charge is 2.18. The van der Waals surface area contributed by atoms with Crippen molar-refractivity contribution in [2.75, 3.05) is 11.4 Å². The molecule has 0 atom stereocenters. The standard InChI is InChI=1S/C13H15N5O3/c1-17-9-15-11(16-17)7-14-13(21)18(8-12(19)20)10-5-3-2-4-6-10/h2-6,9H,7-8H2,1H3,(H,14,21)(H,19,20). The monoisotopic (exact) mass is 289 g/mol. The first-order chi connectivity index (χ1) is 10.1. The molecule has 0 aliphatic carbocycles. The van der Waals surface area contributed by atoms with E-state index in [1.165, 1.54) is 11.0 Å². The number of aliphatic carboxylic acids is 1. The third kappa shape index (κ3) is 4.03. The molecule has 0 aliphatic rings. The number of nitrogens with zero attached hydrogens (tertiary/aromatic N) is 4. The summed E-state index contributed by atoms with van der Waals surface area (Å²) in [6, 6.07) is 8.08. The highest BCUT2D eigenvalue weighted by Crippen LogP contribution is 2.13. The normalized spacial score (nSPS) is 10.1. The molecule has 21 heavy (non-hydrogen) atoms. The first-order valence-corrected chi connectivity index (χ1v) is 6.23. The Morgan fingerprint density at radius 3 is 2.62 bits per heavy atom. The Morgan fingerprint density at radius 2 is 2.05 bits per heavy atom. The number of carboxylic acid groups (broad SMARTS) is 1. The fraction of sp³-hybridized carbons (Fsp3) is 0.231. The van der Waals surface area contributed by atoms with Gasteiger partial charge in [0.25, 0.3) is 0 Å². The van der Waals surface area contributed by atoms with Gasteiger partial charge >= 0.3 is 12.0 Å². The van der Waals surface area contributed by atoms with E-state index in [9.17, 15) is 9.59 Å². The lowest BCUT2D eigenvalue weighted by Crippen LogP contribution is -2.42. The summed E-state index contributed by atoms with van der Waals surface area (Å²) >= 11 is 0. The molecule has 0 unspecified atom stereocenters. The summed E-state index contributed by atoms with van der Waals surface area (Å²) in [5.74, 6) is -0.640. The molecule has 0 aliphatic heterocycles. The molecule has 0 radical (unpaired) electrons. The lowest BCUT2D eigenvalue weighted by Gasteiger charge is -2.20. The highest BCUT2D eigenvalue weighted by molar-refractivity contribution is 5.96. The number of aromatic nitrogens is 3. The van der Waals surface area contributed by atoms with Crippen molar-refractivity contribution >= 4 is 17.7 Å². The van der Waals surface area contributed by atoms with Crippen molar-refractivity contribution in [2.45, 2.75) is 6.54 Å². The van der Waals surface area contributed by atoms with E-state index in [4.69, 9.17) is 5.11 Å². The van der Waals surface area contributed by atoms with E-state index in [2.05, 4.69) is 15.4 Å². The molecule has 8 heteroatoms. The topological polar surface area (TPSA) is 100 Å². The number of carbonyl (C=O) groups excluding carboxylic acids is 1. The van der Waals surface area contributed by atoms with Crippen LogP contribution >= 0.6 is 0 Å². The molecule has 2 amide bonds. The third-order valence-electron chi connectivity index (χ3n) is 2.65. The Bertz CT molecular complexity index is 626. The molecule has 1 heterocycles. The van der Waals surface area contributed by atoms with Gasteiger partial charge in [-0.25, -0.2) is 9.78 Å². The fourth-order valence-corrected chi connectivity index (χ4v) is 1.74. The van der Waals surface area contributed by atoms with Crippen LogP contribution in [0.1, 0.15) is 5.82 Å². The largest absolute Gasteiger partial charge is 0.480 e. The predicted molar refractivity (Wildman–Crippen MR) is 74.7 cm³/mol. The average Bonchev–Trinajstić information content (AvgIpc) is 2.88. The minimum atomic E-state index is -1.09. The van der Waals surface area contributed by atoms with Crippen molar-refractivity contribution in [3.63, 3.8) is 0 Å². The molecular weight excluding hydrogens is 274 g/mol. The summed E-state index contributed by atoms with van der Waals surface area (Å²) in [5.41, 5.74) is 0.506. The molecule has 1 aromatic heterocycles. The molecule has 0 saturated heterocycles. The molecule has 0 bridgehead atoms. The Balaban J connectivity index is 2.05. The molecule has 8 nitrogen and oxygen atoms in total. The van der Waals surface area contributed by atoms with Crippen LogP contribution in [0.4, 0.5) is 10.5 Å². The number of hydrogen-bond donors (Lipinski definition) is 2. The maximum atomic E-state index is 12.1. The smallest absolute Gasteiger partial charge is 0.323 e. The summed E-state index contributed by atoms with van der Waals surface area (Å²) in [6.07, 6.45) is 1.52. The van der Waals surface area contributed by atoms with Crippen LogP contribution < -0.4 is 10.2 Å². The SMILES string of the molecule is Cn1cnc(CNC(=O)N(CC(=O)O)c2ccccc2)n1. The summed E-state index contributed by atoms with van der Waals surface area (Å²) in [5, 5.41) is 15.6. The van der Waals surface area contributed by atoms with E-state index < -0.39 is 18.5 Å². The molecule has 0 fully saturated rings. The van der Waals surface area contributed by atoms with Crippen molar-refractivity contribution in [1.82, 2.24) is 20.1 Å². The van der Waals surface area contributed by atoms with Gasteiger partial charge < -0.3 is 10.4 Å². The Labute approximate surface area is 121 Å². The second-order valence-electron chi connectivity index (χ2n) is 4.31. The van der Waals surface area contributed by atoms with Crippen molar-refractivity contribution < 1.29 is 14.7 Å². The molecule has 0 saturated carbocycles. The molecule has 1 aromatic carbocycles. The third-order valence-corrected chi connectivity index (χ3v) is 2.65. The number of carbonyl (C=O) groups is 2. The van der Waals surface area contributed by atoms with Crippen LogP contribution in [0.2, 0.25) is 0 Å². The van der Waals surface area contributed by atoms with Gasteiger partial charge in [0.05, 0.1) is 6.54 Å². The van der Waals surface area contributed by atoms with Crippen LogP contribution in [0.3, 0.4) is 0 Å². The Hall–Kier alpha value is -2.90. The lowest BCUT2D eigenvalue weighted by molar-refractivity contribution is -0.135. The average molecular weight is 289 g/mol. The second-order valence-corrected chi connectivity index (χ2v) is 4.31. The van der Waals surface area contributed by atoms with Crippen LogP contribution in [-0.4, -0.2) is 38.4 Å². The Kier molecular flexibility index (Phi) is 4.50. The molecule has 110 valence electrons. The van der Waals surface area contributed by atoms with E-state index in [1.54, 1.807) is 37.4 Å². The zero-order valence-electron chi connectivity index (χ0n) is 11.4. The van der Waals surface area contributed by atoms with Gasteiger partial charge in [0.1, 0.15) is 12.9 Å². The molecule has 2 rings (SSSR count). The maximum Gasteiger partial charge on any atom is 0.323 e. The number of rotatable bonds is 5. The first kappa shape index (κ1) is 14.5. The number of carboxylic acids is 1. The van der Waals surface area contributed by atoms with Gasteiger partial charge in [-0.05, 0) is 12.1 Å². The number of hydrogen-bond acceptors (Lipinski definition) is 4. The zero-order valence-corrected chi connectivity index (χ0v) is 11.4. The van der Waals surface area contributed by atoms with Crippen LogP contribution in [-0.2, 0) is 18.4 Å². The van der Waals surface area contributed by atoms with Crippen LogP contribution in [0, 0.1) is 0 Å². The van der Waals surface area contributed by atoms with Crippen molar-refractivity contribution in [3.8, 4) is 0 Å². The maximum absolute atomic E-state index is 12.1. The zero-order chi connectivity index (χ0) is 15.2. The van der Waals surface area contributed by atoms with Gasteiger partial charge in [0.2, 0.25) is 0 Å². The van der Waals surface area contributed by atoms with E-state index in [0.29, 0.717) is 11.5 Å². The molecular formula is C13H15N5O3. The highest BCUT2D eigenvalue weighted by atomic mass is 16.4. The summed E-state index contributed by atoms with van der Waals surface area (Å²) in [6.45, 7) is -0.298. The number of nitrogens with one attached hydrogen (secondary N) is 1. The second kappa shape index (κ2) is 6.51. The van der Waals surface area contributed by atoms with Gasteiger partial charge in [-0.3, -0.25) is 14.4 Å². The van der Waals surface area contributed by atoms with Crippen molar-refractivity contribution in [3.05, 3.63) is 42.5 Å². The summed E-state index contributed by atoms with van der Waals surface area (Å²) < 4.78 is 1.52. The van der Waals surface area contributed by atoms with E-state index in [0.717, 1.165) is 4.90 Å². The predicted octanol–water partition coefficient (Wildman–Crippen LogP) is 0.616. The van der Waals surface area contributed by atoms with E-state index in [1.807, 2.05) is 0 Å². The first-order valence-electron chi connectivity index (χ1n) is 6.23. The van der Waals surface area contributed by atoms with Crippen LogP contribution in [0.15, 0.2) is 36.7 Å². The number of urea groups is 1. The van der Waals surface area contributed by atoms with Crippen LogP contribution in [0.25, 0.3) is 0 Å². The van der Waals surface area contributed by atoms with Gasteiger partial charge in [0.15, 0.2) is 5.82 Å². The van der Waals surface area contributed by atoms with Crippen molar-refractivity contribution in [1.29, 1.82) is 0 Å². The lowest BCUT2D eigenvalue weighted by atomic mass is 10.3. The number of amides is 2. The quantitative estimate of drug-likeness (QED) is 0.840. The number of anilines is 1. The minimum absolute atomic E-state index is 0.128. The number of aryl methyl sites for hydroxylation is 1. The molecule has 2 N–H and O–H groups in total. The molecule has 0 spiro atoms. The number of para-hydroxylation sites is 1. The summed E-state index contributed by atoms with van der Waals surface area (Å²) in [4.78, 5) is 28.2. The molecule has 2 aromatic rings. The van der Waals surface area contributed by atoms with Gasteiger partial charge in [-0.2, -0.15) is 5.10 Å². The fourth-order valence-electron chi connectivity index (χ4n) is 1.74. The minimum Gasteiger partial charge on any atom is -0.480 e. The van der Waals surface area contributed by atoms with E-state index >= 15 is 0 Å². The van der Waals surface area contributed by atoms with Crippen LogP contribution in [0.5, 0.6) is 0 Å². The van der Waals surface area contributed by atoms with Gasteiger partial charge in [-0.15, -0.1) is 0 Å². The summed E-state index contributed by atoms with van der Waals surface area (Å²) in [7, 11) is 1.72. The van der Waals surface area contributed by atoms with E-state index in [-0.39, 0.29) is 6.54 Å².